The number of nitrogens with zero attached hydrogens (tertiary/aromatic N) is 6. The van der Waals surface area contributed by atoms with Gasteiger partial charge in [-0.25, -0.2) is 9.07 Å². The largest absolute Gasteiger partial charge is 0.383 e. The first-order chi connectivity index (χ1) is 19.7. The summed E-state index contributed by atoms with van der Waals surface area (Å²) in [5.74, 6) is 0. The molecule has 8 nitrogen and oxygen atoms in total. The highest BCUT2D eigenvalue weighted by molar-refractivity contribution is 6.35. The molecule has 3 aromatic heterocycles. The van der Waals surface area contributed by atoms with Crippen molar-refractivity contribution in [2.45, 2.75) is 45.2 Å². The monoisotopic (exact) mass is 568 g/mol. The number of fused-ring (bicyclic) bond motifs is 2. The summed E-state index contributed by atoms with van der Waals surface area (Å²) in [4.78, 5) is 8.85. The predicted octanol–water partition coefficient (Wildman–Crippen LogP) is 7.02. The van der Waals surface area contributed by atoms with E-state index in [9.17, 15) is 9.65 Å². The fourth-order valence-electron chi connectivity index (χ4n) is 5.05. The first-order valence-corrected chi connectivity index (χ1v) is 13.9. The maximum atomic E-state index is 13.9. The number of benzene rings is 2. The van der Waals surface area contributed by atoms with E-state index < -0.39 is 18.3 Å². The Morgan fingerprint density at radius 3 is 2.73 bits per heavy atom. The molecule has 0 unspecified atom stereocenters. The van der Waals surface area contributed by atoms with Gasteiger partial charge in [0.1, 0.15) is 18.4 Å². The molecule has 1 aliphatic carbocycles. The van der Waals surface area contributed by atoms with Crippen LogP contribution in [0.25, 0.3) is 21.7 Å². The molecular formula is C31H30ClFN8. The van der Waals surface area contributed by atoms with Crippen LogP contribution in [0.5, 0.6) is 0 Å². The summed E-state index contributed by atoms with van der Waals surface area (Å²) >= 11 is 6.78. The zero-order chi connectivity index (χ0) is 28.8. The third-order valence-electron chi connectivity index (χ3n) is 7.55. The fourth-order valence-corrected chi connectivity index (χ4v) is 5.32. The number of hydrogen-bond donors (Lipinski definition) is 2. The number of aromatic nitrogens is 5. The maximum Gasteiger partial charge on any atom is 0.115 e. The first kappa shape index (κ1) is 26.9. The third-order valence-corrected chi connectivity index (χ3v) is 7.84. The zero-order valence-corrected chi connectivity index (χ0v) is 23.9. The molecule has 0 spiro atoms. The minimum absolute atomic E-state index is 0.0141. The molecule has 3 heterocycles. The molecule has 0 aliphatic heterocycles. The van der Waals surface area contributed by atoms with Gasteiger partial charge < -0.3 is 10.6 Å². The topological polar surface area (TPSA) is 104 Å². The highest BCUT2D eigenvalue weighted by Gasteiger charge is 2.46. The van der Waals surface area contributed by atoms with Crippen molar-refractivity contribution in [2.24, 2.45) is 5.41 Å². The molecule has 10 heteroatoms. The highest BCUT2D eigenvalue weighted by Crippen LogP contribution is 2.44. The van der Waals surface area contributed by atoms with E-state index in [1.165, 1.54) is 0 Å². The standard InChI is InChI=1S/C31H30ClFN8/c1-30(2,3)18-37-27-20(13-34)14-36-28-23(27)11-21(12-25(28)32)38-29(22-6-4-5-19-7-10-35-15-24(19)22)26-16-41(40-39-26)31(17-33)8-9-31/h4-7,10-12,14-16,29,38H,8-9,17-18H2,1-3H3,(H,36,37)/t29-/m0/s1. The van der Waals surface area contributed by atoms with Crippen molar-refractivity contribution in [3.05, 3.63) is 83.0 Å². The maximum absolute atomic E-state index is 13.9. The van der Waals surface area contributed by atoms with Crippen molar-refractivity contribution in [2.75, 3.05) is 23.9 Å². The van der Waals surface area contributed by atoms with Gasteiger partial charge in [-0.15, -0.1) is 5.10 Å². The second-order valence-electron chi connectivity index (χ2n) is 11.9. The van der Waals surface area contributed by atoms with Gasteiger partial charge in [0.15, 0.2) is 0 Å². The van der Waals surface area contributed by atoms with Gasteiger partial charge in [0.25, 0.3) is 0 Å². The Morgan fingerprint density at radius 1 is 1.17 bits per heavy atom. The summed E-state index contributed by atoms with van der Waals surface area (Å²) in [5, 5.41) is 28.9. The minimum atomic E-state index is -0.602. The molecule has 2 N–H and O–H groups in total. The van der Waals surface area contributed by atoms with Crippen molar-refractivity contribution < 1.29 is 4.39 Å². The Labute approximate surface area is 242 Å². The lowest BCUT2D eigenvalue weighted by molar-refractivity contribution is 0.309. The number of alkyl halides is 1. The lowest BCUT2D eigenvalue weighted by Crippen LogP contribution is -2.20. The number of anilines is 2. The molecule has 208 valence electrons. The van der Waals surface area contributed by atoms with Crippen LogP contribution in [0.3, 0.4) is 0 Å². The van der Waals surface area contributed by atoms with Crippen molar-refractivity contribution in [3.63, 3.8) is 0 Å². The van der Waals surface area contributed by atoms with E-state index in [-0.39, 0.29) is 5.41 Å². The van der Waals surface area contributed by atoms with Crippen LogP contribution in [0.2, 0.25) is 5.02 Å². The molecule has 5 aromatic rings. The van der Waals surface area contributed by atoms with E-state index in [0.717, 1.165) is 34.6 Å². The summed E-state index contributed by atoms with van der Waals surface area (Å²) in [5.41, 5.74) is 3.42. The van der Waals surface area contributed by atoms with Crippen LogP contribution in [-0.4, -0.2) is 38.2 Å². The Hall–Kier alpha value is -4.29. The molecule has 1 saturated carbocycles. The fraction of sp³-hybridized carbons (Fsp3) is 0.323. The van der Waals surface area contributed by atoms with Crippen LogP contribution in [-0.2, 0) is 5.54 Å². The van der Waals surface area contributed by atoms with Gasteiger partial charge in [0, 0.05) is 41.6 Å². The summed E-state index contributed by atoms with van der Waals surface area (Å²) in [6.07, 6.45) is 8.45. The molecule has 0 saturated heterocycles. The second-order valence-corrected chi connectivity index (χ2v) is 12.3. The smallest absolute Gasteiger partial charge is 0.115 e. The van der Waals surface area contributed by atoms with Crippen LogP contribution >= 0.6 is 11.6 Å². The van der Waals surface area contributed by atoms with Crippen molar-refractivity contribution in [1.82, 2.24) is 25.0 Å². The number of halogens is 2. The average molecular weight is 569 g/mol. The normalized spacial score (nSPS) is 15.0. The molecule has 2 aromatic carbocycles. The molecule has 0 amide bonds. The Balaban J connectivity index is 1.48. The Kier molecular flexibility index (Phi) is 6.74. The number of hydrogen-bond acceptors (Lipinski definition) is 7. The quantitative estimate of drug-likeness (QED) is 0.207. The van der Waals surface area contributed by atoms with E-state index >= 15 is 0 Å². The second kappa shape index (κ2) is 10.3. The molecule has 1 atom stereocenters. The summed E-state index contributed by atoms with van der Waals surface area (Å²) in [6, 6.07) is 13.6. The third kappa shape index (κ3) is 5.16. The molecular weight excluding hydrogens is 539 g/mol. The van der Waals surface area contributed by atoms with Gasteiger partial charge in [0.2, 0.25) is 0 Å². The molecule has 6 rings (SSSR count). The highest BCUT2D eigenvalue weighted by atomic mass is 35.5. The molecule has 41 heavy (non-hydrogen) atoms. The summed E-state index contributed by atoms with van der Waals surface area (Å²) in [7, 11) is 0. The average Bonchev–Trinajstić information content (AvgIpc) is 3.61. The zero-order valence-electron chi connectivity index (χ0n) is 23.1. The van der Waals surface area contributed by atoms with E-state index in [1.54, 1.807) is 17.1 Å². The minimum Gasteiger partial charge on any atom is -0.383 e. The summed E-state index contributed by atoms with van der Waals surface area (Å²) in [6.45, 7) is 6.55. The van der Waals surface area contributed by atoms with E-state index in [4.69, 9.17) is 11.6 Å². The lowest BCUT2D eigenvalue weighted by Gasteiger charge is -2.23. The van der Waals surface area contributed by atoms with Crippen LogP contribution in [0, 0.1) is 16.7 Å². The van der Waals surface area contributed by atoms with Gasteiger partial charge in [-0.05, 0) is 47.4 Å². The Morgan fingerprint density at radius 2 is 2.00 bits per heavy atom. The SMILES string of the molecule is CC(C)(C)CNc1c(C#N)cnc2c(Cl)cc(N[C@H](c3cn(C4(CF)CC4)nn3)c3cccc4ccncc34)cc12. The number of pyridine rings is 2. The van der Waals surface area contributed by atoms with Gasteiger partial charge in [-0.1, -0.05) is 55.8 Å². The first-order valence-electron chi connectivity index (χ1n) is 13.6. The molecule has 1 fully saturated rings. The number of nitrogens with one attached hydrogen (secondary N) is 2. The van der Waals surface area contributed by atoms with Crippen molar-refractivity contribution in [1.29, 1.82) is 5.26 Å². The van der Waals surface area contributed by atoms with Crippen LogP contribution in [0.4, 0.5) is 15.8 Å². The van der Waals surface area contributed by atoms with Crippen molar-refractivity contribution >= 4 is 44.7 Å². The Bertz CT molecular complexity index is 1790. The van der Waals surface area contributed by atoms with Crippen LogP contribution in [0.1, 0.15) is 56.5 Å². The van der Waals surface area contributed by atoms with E-state index in [0.29, 0.717) is 39.7 Å². The van der Waals surface area contributed by atoms with Crippen LogP contribution in [0.15, 0.2) is 61.2 Å². The molecule has 1 aliphatic rings. The lowest BCUT2D eigenvalue weighted by atomic mass is 9.96. The van der Waals surface area contributed by atoms with E-state index in [2.05, 4.69) is 57.8 Å². The van der Waals surface area contributed by atoms with Gasteiger partial charge >= 0.3 is 0 Å². The number of rotatable bonds is 8. The van der Waals surface area contributed by atoms with Crippen LogP contribution < -0.4 is 10.6 Å². The predicted molar refractivity (Wildman–Crippen MR) is 160 cm³/mol. The van der Waals surface area contributed by atoms with Gasteiger partial charge in [-0.3, -0.25) is 9.97 Å². The van der Waals surface area contributed by atoms with Crippen molar-refractivity contribution in [3.8, 4) is 6.07 Å². The van der Waals surface area contributed by atoms with Gasteiger partial charge in [-0.2, -0.15) is 5.26 Å². The molecule has 0 radical (unpaired) electrons. The van der Waals surface area contributed by atoms with Gasteiger partial charge in [0.05, 0.1) is 39.6 Å². The summed E-state index contributed by atoms with van der Waals surface area (Å²) < 4.78 is 15.5. The number of nitriles is 1. The van der Waals surface area contributed by atoms with E-state index in [1.807, 2.05) is 48.8 Å². The molecule has 0 bridgehead atoms.